The average Bonchev–Trinajstić information content (AvgIpc) is 3.41. The van der Waals surface area contributed by atoms with E-state index in [4.69, 9.17) is 4.74 Å². The van der Waals surface area contributed by atoms with Crippen LogP contribution in [0.1, 0.15) is 25.9 Å². The number of carbonyl (C=O) groups is 1. The second-order valence-corrected chi connectivity index (χ2v) is 9.46. The van der Waals surface area contributed by atoms with Crippen LogP contribution in [-0.2, 0) is 17.7 Å². The van der Waals surface area contributed by atoms with Crippen molar-refractivity contribution in [2.45, 2.75) is 19.9 Å². The third-order valence-electron chi connectivity index (χ3n) is 6.03. The summed E-state index contributed by atoms with van der Waals surface area (Å²) in [6.07, 6.45) is 2.86. The van der Waals surface area contributed by atoms with Gasteiger partial charge in [-0.3, -0.25) is 9.69 Å². The van der Waals surface area contributed by atoms with Crippen molar-refractivity contribution in [3.63, 3.8) is 0 Å². The Labute approximate surface area is 197 Å². The Morgan fingerprint density at radius 1 is 1.09 bits per heavy atom. The smallest absolute Gasteiger partial charge is 0.267 e. The number of hydrogen-bond donors (Lipinski definition) is 1. The van der Waals surface area contributed by atoms with Gasteiger partial charge in [-0.15, -0.1) is 11.3 Å². The van der Waals surface area contributed by atoms with E-state index in [2.05, 4.69) is 50.2 Å². The van der Waals surface area contributed by atoms with E-state index in [1.807, 2.05) is 37.3 Å². The van der Waals surface area contributed by atoms with Gasteiger partial charge in [-0.25, -0.2) is 4.98 Å². The Kier molecular flexibility index (Phi) is 6.53. The van der Waals surface area contributed by atoms with Gasteiger partial charge in [0.2, 0.25) is 0 Å². The van der Waals surface area contributed by atoms with Crippen molar-refractivity contribution in [1.29, 1.82) is 0 Å². The first-order chi connectivity index (χ1) is 16.2. The first kappa shape index (κ1) is 21.8. The summed E-state index contributed by atoms with van der Waals surface area (Å²) in [4.78, 5) is 20.7. The lowest BCUT2D eigenvalue weighted by Gasteiger charge is -2.26. The molecule has 0 aliphatic carbocycles. The maximum Gasteiger partial charge on any atom is 0.267 e. The molecular formula is C26H28N4O2S. The van der Waals surface area contributed by atoms with Gasteiger partial charge in [-0.1, -0.05) is 30.3 Å². The van der Waals surface area contributed by atoms with Crippen LogP contribution < -0.4 is 5.32 Å². The largest absolute Gasteiger partial charge is 0.379 e. The molecule has 1 aliphatic rings. The fraction of sp³-hybridized carbons (Fsp3) is 0.308. The minimum Gasteiger partial charge on any atom is -0.379 e. The highest BCUT2D eigenvalue weighted by molar-refractivity contribution is 7.14. The van der Waals surface area contributed by atoms with Crippen LogP contribution in [0.2, 0.25) is 0 Å². The number of fused-ring (bicyclic) bond motifs is 1. The molecule has 2 aromatic heterocycles. The number of amides is 1. The molecule has 6 nitrogen and oxygen atoms in total. The number of benzene rings is 2. The number of morpholine rings is 1. The summed E-state index contributed by atoms with van der Waals surface area (Å²) in [5, 5.41) is 5.14. The molecule has 4 aromatic rings. The fourth-order valence-electron chi connectivity index (χ4n) is 4.24. The molecule has 1 amide bonds. The van der Waals surface area contributed by atoms with Crippen LogP contribution in [0, 0.1) is 6.92 Å². The van der Waals surface area contributed by atoms with E-state index < -0.39 is 0 Å². The topological polar surface area (TPSA) is 59.4 Å². The van der Waals surface area contributed by atoms with Crippen molar-refractivity contribution < 1.29 is 9.53 Å². The summed E-state index contributed by atoms with van der Waals surface area (Å²) < 4.78 is 7.71. The van der Waals surface area contributed by atoms with Crippen LogP contribution in [0.5, 0.6) is 0 Å². The number of carbonyl (C=O) groups excluding carboxylic acids is 1. The number of hydrogen-bond acceptors (Lipinski definition) is 5. The van der Waals surface area contributed by atoms with Crippen molar-refractivity contribution in [1.82, 2.24) is 14.5 Å². The molecule has 7 heteroatoms. The van der Waals surface area contributed by atoms with Crippen molar-refractivity contribution in [2.75, 3.05) is 38.2 Å². The molecule has 1 saturated heterocycles. The second-order valence-electron chi connectivity index (χ2n) is 8.38. The monoisotopic (exact) mass is 460 g/mol. The van der Waals surface area contributed by atoms with E-state index in [1.54, 1.807) is 0 Å². The molecule has 1 aliphatic heterocycles. The Hall–Kier alpha value is -3.00. The standard InChI is InChI=1S/C26H28N4O2S/c1-19-25(33-24(27-19)17-20-5-3-2-4-6-20)26(31)28-22-7-8-23-21(18-22)9-10-30(23)12-11-29-13-15-32-16-14-29/h2-10,18H,11-17H2,1H3,(H,28,31). The van der Waals surface area contributed by atoms with Crippen LogP contribution in [0.4, 0.5) is 5.69 Å². The van der Waals surface area contributed by atoms with Crippen molar-refractivity contribution in [3.05, 3.63) is 81.9 Å². The van der Waals surface area contributed by atoms with Crippen LogP contribution >= 0.6 is 11.3 Å². The zero-order valence-corrected chi connectivity index (χ0v) is 19.6. The molecule has 0 saturated carbocycles. The minimum atomic E-state index is -0.101. The molecule has 1 N–H and O–H groups in total. The van der Waals surface area contributed by atoms with E-state index in [1.165, 1.54) is 22.4 Å². The summed E-state index contributed by atoms with van der Waals surface area (Å²) in [6.45, 7) is 7.50. The summed E-state index contributed by atoms with van der Waals surface area (Å²) in [5.41, 5.74) is 3.96. The summed E-state index contributed by atoms with van der Waals surface area (Å²) >= 11 is 1.47. The Morgan fingerprint density at radius 3 is 2.73 bits per heavy atom. The van der Waals surface area contributed by atoms with Gasteiger partial charge in [-0.05, 0) is 36.8 Å². The Bertz CT molecular complexity index is 1240. The van der Waals surface area contributed by atoms with Crippen LogP contribution in [0.15, 0.2) is 60.8 Å². The van der Waals surface area contributed by atoms with E-state index in [0.29, 0.717) is 4.88 Å². The van der Waals surface area contributed by atoms with Gasteiger partial charge in [0.25, 0.3) is 5.91 Å². The second kappa shape index (κ2) is 9.87. The molecule has 0 bridgehead atoms. The van der Waals surface area contributed by atoms with E-state index >= 15 is 0 Å². The van der Waals surface area contributed by atoms with E-state index in [9.17, 15) is 4.79 Å². The van der Waals surface area contributed by atoms with Crippen LogP contribution in [0.3, 0.4) is 0 Å². The van der Waals surface area contributed by atoms with Crippen molar-refractivity contribution in [3.8, 4) is 0 Å². The number of thiazole rings is 1. The predicted octanol–water partition coefficient (Wildman–Crippen LogP) is 4.58. The number of nitrogens with one attached hydrogen (secondary N) is 1. The van der Waals surface area contributed by atoms with Gasteiger partial charge in [0.1, 0.15) is 4.88 Å². The first-order valence-corrected chi connectivity index (χ1v) is 12.2. The molecular weight excluding hydrogens is 432 g/mol. The number of aromatic nitrogens is 2. The van der Waals surface area contributed by atoms with E-state index in [0.717, 1.165) is 67.6 Å². The highest BCUT2D eigenvalue weighted by Gasteiger charge is 2.16. The Morgan fingerprint density at radius 2 is 1.91 bits per heavy atom. The zero-order chi connectivity index (χ0) is 22.6. The molecule has 0 atom stereocenters. The molecule has 0 radical (unpaired) electrons. The SMILES string of the molecule is Cc1nc(Cc2ccccc2)sc1C(=O)Nc1ccc2c(ccn2CCN2CCOCC2)c1. The maximum atomic E-state index is 13.0. The van der Waals surface area contributed by atoms with Crippen LogP contribution in [-0.4, -0.2) is 53.2 Å². The van der Waals surface area contributed by atoms with Crippen molar-refractivity contribution in [2.24, 2.45) is 0 Å². The summed E-state index contributed by atoms with van der Waals surface area (Å²) in [7, 11) is 0. The average molecular weight is 461 g/mol. The lowest BCUT2D eigenvalue weighted by molar-refractivity contribution is 0.0365. The lowest BCUT2D eigenvalue weighted by Crippen LogP contribution is -2.38. The minimum absolute atomic E-state index is 0.101. The van der Waals surface area contributed by atoms with Gasteiger partial charge < -0.3 is 14.6 Å². The highest BCUT2D eigenvalue weighted by atomic mass is 32.1. The maximum absolute atomic E-state index is 13.0. The third-order valence-corrected chi connectivity index (χ3v) is 7.19. The molecule has 2 aromatic carbocycles. The van der Waals surface area contributed by atoms with Crippen molar-refractivity contribution >= 4 is 33.8 Å². The van der Waals surface area contributed by atoms with Gasteiger partial charge >= 0.3 is 0 Å². The van der Waals surface area contributed by atoms with E-state index in [-0.39, 0.29) is 5.91 Å². The number of anilines is 1. The molecule has 0 spiro atoms. The van der Waals surface area contributed by atoms with Crippen LogP contribution in [0.25, 0.3) is 10.9 Å². The molecule has 0 unspecified atom stereocenters. The molecule has 33 heavy (non-hydrogen) atoms. The molecule has 170 valence electrons. The molecule has 1 fully saturated rings. The molecule has 3 heterocycles. The fourth-order valence-corrected chi connectivity index (χ4v) is 5.24. The van der Waals surface area contributed by atoms with Gasteiger partial charge in [0.15, 0.2) is 0 Å². The number of ether oxygens (including phenoxy) is 1. The van der Waals surface area contributed by atoms with Gasteiger partial charge in [-0.2, -0.15) is 0 Å². The summed E-state index contributed by atoms with van der Waals surface area (Å²) in [6, 6.07) is 18.4. The Balaban J connectivity index is 1.25. The predicted molar refractivity (Wildman–Crippen MR) is 133 cm³/mol. The first-order valence-electron chi connectivity index (χ1n) is 11.4. The lowest BCUT2D eigenvalue weighted by atomic mass is 10.2. The quantitative estimate of drug-likeness (QED) is 0.439. The summed E-state index contributed by atoms with van der Waals surface area (Å²) in [5.74, 6) is -0.101. The number of rotatable bonds is 7. The normalized spacial score (nSPS) is 14.6. The molecule has 5 rings (SSSR count). The third kappa shape index (κ3) is 5.16. The number of nitrogens with zero attached hydrogens (tertiary/aromatic N) is 3. The van der Waals surface area contributed by atoms with Gasteiger partial charge in [0, 0.05) is 55.4 Å². The highest BCUT2D eigenvalue weighted by Crippen LogP contribution is 2.24. The zero-order valence-electron chi connectivity index (χ0n) is 18.8. The van der Waals surface area contributed by atoms with Gasteiger partial charge in [0.05, 0.1) is 23.9 Å². The number of aryl methyl sites for hydroxylation is 1.